The lowest BCUT2D eigenvalue weighted by atomic mass is 10.0. The minimum absolute atomic E-state index is 0.0750. The molecule has 0 saturated heterocycles. The molecule has 110 heavy (non-hydrogen) atoms. The number of hydrogen-bond acceptors (Lipinski definition) is 17. The second-order valence-corrected chi connectivity index (χ2v) is 28.9. The van der Waals surface area contributed by atoms with Crippen molar-refractivity contribution in [1.29, 1.82) is 0 Å². The molecular formula is C93H144O17. The van der Waals surface area contributed by atoms with Crippen LogP contribution in [0, 0.1) is 0 Å². The zero-order valence-electron chi connectivity index (χ0n) is 69.3. The number of carbonyl (C=O) groups excluding carboxylic acids is 5. The van der Waals surface area contributed by atoms with E-state index in [0.29, 0.717) is 130 Å². The number of aliphatic hydroxyl groups excluding tert-OH is 2. The van der Waals surface area contributed by atoms with Gasteiger partial charge in [-0.05, 0) is 165 Å². The maximum atomic E-state index is 12.0. The first-order valence-electron chi connectivity index (χ1n) is 41.6. The molecule has 5 rings (SSSR count). The van der Waals surface area contributed by atoms with Crippen LogP contribution in [-0.4, -0.2) is 112 Å². The third-order valence-corrected chi connectivity index (χ3v) is 19.3. The molecule has 17 nitrogen and oxygen atoms in total. The Morgan fingerprint density at radius 1 is 0.300 bits per heavy atom. The third-order valence-electron chi connectivity index (χ3n) is 19.3. The van der Waals surface area contributed by atoms with Crippen LogP contribution in [0.5, 0.6) is 57.5 Å². The van der Waals surface area contributed by atoms with E-state index < -0.39 is 12.2 Å². The number of Topliss-reactive ketones (excluding diaryl/α,β-unsaturated/α-hetero) is 4. The largest absolute Gasteiger partial charge is 0.504 e. The Kier molecular flexibility index (Phi) is 59.9. The maximum absolute atomic E-state index is 12.0. The summed E-state index contributed by atoms with van der Waals surface area (Å²) in [5, 5.41) is 67.4. The molecule has 2 atom stereocenters. The van der Waals surface area contributed by atoms with Gasteiger partial charge in [-0.2, -0.15) is 0 Å². The zero-order valence-corrected chi connectivity index (χ0v) is 69.3. The van der Waals surface area contributed by atoms with Crippen LogP contribution in [-0.2, 0) is 56.1 Å². The third kappa shape index (κ3) is 50.8. The van der Waals surface area contributed by atoms with Crippen LogP contribution in [0.2, 0.25) is 0 Å². The van der Waals surface area contributed by atoms with Gasteiger partial charge in [-0.25, -0.2) is 0 Å². The van der Waals surface area contributed by atoms with Crippen molar-refractivity contribution in [2.24, 2.45) is 0 Å². The number of hydrogen-bond donors (Lipinski definition) is 7. The number of phenols is 5. The lowest BCUT2D eigenvalue weighted by molar-refractivity contribution is -0.121. The highest BCUT2D eigenvalue weighted by Crippen LogP contribution is 2.32. The number of benzene rings is 5. The van der Waals surface area contributed by atoms with Crippen LogP contribution in [0.25, 0.3) is 0 Å². The summed E-state index contributed by atoms with van der Waals surface area (Å²) in [6, 6.07) is 25.9. The molecule has 0 radical (unpaired) electrons. The first-order chi connectivity index (χ1) is 53.1. The number of unbranched alkanes of at least 4 members (excludes halogenated alkanes) is 23. The number of rotatable bonds is 57. The number of ketones is 5. The van der Waals surface area contributed by atoms with Crippen molar-refractivity contribution in [3.05, 3.63) is 131 Å². The highest BCUT2D eigenvalue weighted by Gasteiger charge is 2.15. The lowest BCUT2D eigenvalue weighted by Gasteiger charge is -2.10. The lowest BCUT2D eigenvalue weighted by Crippen LogP contribution is -2.14. The van der Waals surface area contributed by atoms with Crippen LogP contribution < -0.4 is 23.7 Å². The van der Waals surface area contributed by atoms with E-state index in [1.807, 2.05) is 24.3 Å². The maximum Gasteiger partial charge on any atom is 0.160 e. The molecule has 0 spiro atoms. The predicted molar refractivity (Wildman–Crippen MR) is 446 cm³/mol. The van der Waals surface area contributed by atoms with Gasteiger partial charge in [0, 0.05) is 57.8 Å². The van der Waals surface area contributed by atoms with Crippen molar-refractivity contribution in [1.82, 2.24) is 0 Å². The predicted octanol–water partition coefficient (Wildman–Crippen LogP) is 22.2. The average molecular weight is 1530 g/mol. The van der Waals surface area contributed by atoms with Crippen LogP contribution in [0.1, 0.15) is 313 Å². The molecule has 0 amide bonds. The quantitative estimate of drug-likeness (QED) is 0.0141. The van der Waals surface area contributed by atoms with Crippen LogP contribution in [0.3, 0.4) is 0 Å². The van der Waals surface area contributed by atoms with Gasteiger partial charge in [-0.15, -0.1) is 0 Å². The Morgan fingerprint density at radius 2 is 0.536 bits per heavy atom. The Balaban J connectivity index is 0.000000688. The Bertz CT molecular complexity index is 3260. The fraction of sp³-hybridized carbons (Fsp3) is 0.602. The van der Waals surface area contributed by atoms with E-state index in [1.165, 1.54) is 158 Å². The Labute approximate surface area is 662 Å². The number of ether oxygens (including phenoxy) is 5. The molecule has 17 heteroatoms. The van der Waals surface area contributed by atoms with E-state index in [-0.39, 0.29) is 58.9 Å². The number of aromatic hydroxyl groups is 5. The molecule has 618 valence electrons. The second-order valence-electron chi connectivity index (χ2n) is 28.9. The van der Waals surface area contributed by atoms with Gasteiger partial charge in [0.15, 0.2) is 63.3 Å². The first-order valence-corrected chi connectivity index (χ1v) is 41.6. The molecule has 0 fully saturated rings. The number of aliphatic hydroxyl groups is 2. The number of carbonyl (C=O) groups is 5. The van der Waals surface area contributed by atoms with Crippen molar-refractivity contribution in [2.75, 3.05) is 35.5 Å². The Morgan fingerprint density at radius 3 is 0.827 bits per heavy atom. The normalized spacial score (nSPS) is 11.3. The van der Waals surface area contributed by atoms with Crippen molar-refractivity contribution >= 4 is 28.9 Å². The van der Waals surface area contributed by atoms with Gasteiger partial charge in [0.2, 0.25) is 0 Å². The van der Waals surface area contributed by atoms with Crippen LogP contribution in [0.15, 0.2) is 103 Å². The summed E-state index contributed by atoms with van der Waals surface area (Å²) >= 11 is 0. The van der Waals surface area contributed by atoms with Gasteiger partial charge in [0.1, 0.15) is 23.1 Å². The summed E-state index contributed by atoms with van der Waals surface area (Å²) in [6.07, 6.45) is 45.3. The van der Waals surface area contributed by atoms with Gasteiger partial charge in [-0.3, -0.25) is 24.0 Å². The first kappa shape index (κ1) is 100. The van der Waals surface area contributed by atoms with E-state index >= 15 is 0 Å². The monoisotopic (exact) mass is 1530 g/mol. The molecule has 0 heterocycles. The standard InChI is InChI=1S/C21H34O3.C19H30O4.C19H30O3.C17H26O4.C17H24O3/c1-3-4-5-6-7-8-9-10-11-12-19(22)15-13-18-14-16-20(23)21(17-18)24-2;1-3-4-5-6-7-8-16(20)14-17(21)11-9-15-10-12-18(22)19(13-15)23-2;1-3-4-5-6-7-8-9-10-17(20)13-11-16-12-14-18(21)19(15-16)22-2;1-3-4-5-6-14(18)12-15(19)9-7-13-8-10-16(20)17(11-13)21-2;1-3-4-5-6-7-8-15(18)11-9-14-10-12-16(19)17(13-14)20-2/h14,16-17,23H,3-13,15H2,1-2H3;10,12-13,16,20,22H,3-9,11,14H2,1-2H3;12,14-15,21H,3-11,13H2,1-2H3;8,10-11,14,18,20H,3-7,9,12H2,1-2H3;7-8,10,12-13,19H,3-6,9,11H2,1-2H3/b;;;;8-7+. The highest BCUT2D eigenvalue weighted by molar-refractivity contribution is 5.89. The molecule has 5 aromatic carbocycles. The van der Waals surface area contributed by atoms with Gasteiger partial charge in [0.25, 0.3) is 0 Å². The topological polar surface area (TPSA) is 273 Å². The molecular weight excluding hydrogens is 1390 g/mol. The minimum Gasteiger partial charge on any atom is -0.504 e. The minimum atomic E-state index is -0.515. The van der Waals surface area contributed by atoms with E-state index in [4.69, 9.17) is 23.7 Å². The van der Waals surface area contributed by atoms with Gasteiger partial charge >= 0.3 is 0 Å². The summed E-state index contributed by atoms with van der Waals surface area (Å²) in [5.74, 6) is 3.80. The van der Waals surface area contributed by atoms with Crippen molar-refractivity contribution in [3.63, 3.8) is 0 Å². The van der Waals surface area contributed by atoms with Crippen LogP contribution in [0.4, 0.5) is 0 Å². The molecule has 0 aliphatic carbocycles. The van der Waals surface area contributed by atoms with Gasteiger partial charge in [-0.1, -0.05) is 225 Å². The fourth-order valence-corrected chi connectivity index (χ4v) is 12.3. The van der Waals surface area contributed by atoms with E-state index in [2.05, 4.69) is 34.6 Å². The smallest absolute Gasteiger partial charge is 0.160 e. The summed E-state index contributed by atoms with van der Waals surface area (Å²) in [6.45, 7) is 10.9. The van der Waals surface area contributed by atoms with Crippen molar-refractivity contribution in [3.8, 4) is 57.5 Å². The molecule has 0 aromatic heterocycles. The van der Waals surface area contributed by atoms with Crippen molar-refractivity contribution in [2.45, 2.75) is 329 Å². The SMILES string of the molecule is CCCCC/C=C/C(=O)CCc1ccc(O)c(OC)c1.CCCCCC(O)CC(=O)CCc1ccc(O)c(OC)c1.CCCCCCCC(O)CC(=O)CCc1ccc(O)c(OC)c1.CCCCCCCCCC(=O)CCc1ccc(O)c(OC)c1.CCCCCCCCCCCC(=O)CCc1ccc(O)c(OC)c1. The fourth-order valence-electron chi connectivity index (χ4n) is 12.3. The molecule has 7 N–H and O–H groups in total. The number of methoxy groups -OCH3 is 5. The summed E-state index contributed by atoms with van der Waals surface area (Å²) < 4.78 is 25.3. The Hall–Kier alpha value is -7.89. The number of phenolic OH excluding ortho intramolecular Hbond substituents is 5. The average Bonchev–Trinajstić information content (AvgIpc) is 0.905. The molecule has 5 aromatic rings. The molecule has 0 aliphatic rings. The van der Waals surface area contributed by atoms with Gasteiger partial charge < -0.3 is 59.4 Å². The number of aryl methyl sites for hydroxylation is 5. The second kappa shape index (κ2) is 65.8. The summed E-state index contributed by atoms with van der Waals surface area (Å²) in [4.78, 5) is 59.3. The summed E-state index contributed by atoms with van der Waals surface area (Å²) in [5.41, 5.74) is 4.94. The van der Waals surface area contributed by atoms with Crippen LogP contribution >= 0.6 is 0 Å². The van der Waals surface area contributed by atoms with E-state index in [0.717, 1.165) is 85.6 Å². The molecule has 0 aliphatic heterocycles. The number of allylic oxidation sites excluding steroid dienone is 2. The zero-order chi connectivity index (χ0) is 81.4. The van der Waals surface area contributed by atoms with Gasteiger partial charge in [0.05, 0.1) is 47.8 Å². The summed E-state index contributed by atoms with van der Waals surface area (Å²) in [7, 11) is 7.58. The van der Waals surface area contributed by atoms with E-state index in [9.17, 15) is 59.7 Å². The molecule has 0 saturated carbocycles. The molecule has 2 unspecified atom stereocenters. The van der Waals surface area contributed by atoms with E-state index in [1.54, 1.807) is 78.9 Å². The highest BCUT2D eigenvalue weighted by atomic mass is 16.5. The molecule has 0 bridgehead atoms. The van der Waals surface area contributed by atoms with Crippen molar-refractivity contribution < 1.29 is 83.4 Å².